The van der Waals surface area contributed by atoms with Crippen molar-refractivity contribution in [1.29, 1.82) is 0 Å². The third-order valence-corrected chi connectivity index (χ3v) is 3.55. The van der Waals surface area contributed by atoms with Crippen molar-refractivity contribution in [3.8, 4) is 0 Å². The fraction of sp³-hybridized carbons (Fsp3) is 0.571. The Kier molecular flexibility index (Phi) is 3.60. The highest BCUT2D eigenvalue weighted by Crippen LogP contribution is 2.32. The predicted molar refractivity (Wildman–Crippen MR) is 70.4 cm³/mol. The van der Waals surface area contributed by atoms with Crippen LogP contribution in [0.4, 0.5) is 0 Å². The van der Waals surface area contributed by atoms with Crippen LogP contribution in [0.2, 0.25) is 0 Å². The number of nitrogens with zero attached hydrogens (tertiary/aromatic N) is 1. The maximum atomic E-state index is 12.3. The second-order valence-corrected chi connectivity index (χ2v) is 4.82. The molecule has 104 valence electrons. The molecule has 1 aromatic rings. The molecule has 1 aliphatic heterocycles. The van der Waals surface area contributed by atoms with Crippen molar-refractivity contribution in [3.05, 3.63) is 33.2 Å². The Bertz CT molecular complexity index is 568. The number of carbonyl (C=O) groups is 1. The van der Waals surface area contributed by atoms with Gasteiger partial charge in [0.2, 0.25) is 0 Å². The molecule has 0 unspecified atom stereocenters. The lowest BCUT2D eigenvalue weighted by Crippen LogP contribution is -2.33. The lowest BCUT2D eigenvalue weighted by Gasteiger charge is -2.25. The Morgan fingerprint density at radius 1 is 1.42 bits per heavy atom. The van der Waals surface area contributed by atoms with Gasteiger partial charge < -0.3 is 14.0 Å². The van der Waals surface area contributed by atoms with E-state index in [-0.39, 0.29) is 11.3 Å². The molecular formula is C14H19NO4. The minimum atomic E-state index is -0.930. The standard InChI is InChI=1S/C14H19NO4/c1-5-15-12(10(3)16)8-11(9(2)13(15)17)14(4)18-6-7-19-14/h8H,5-7H2,1-4H3. The van der Waals surface area contributed by atoms with Crippen molar-refractivity contribution < 1.29 is 14.3 Å². The number of ketones is 1. The van der Waals surface area contributed by atoms with Crippen LogP contribution < -0.4 is 5.56 Å². The van der Waals surface area contributed by atoms with Crippen molar-refractivity contribution in [2.24, 2.45) is 0 Å². The first kappa shape index (κ1) is 14.0. The quantitative estimate of drug-likeness (QED) is 0.779. The maximum absolute atomic E-state index is 12.3. The molecule has 2 rings (SSSR count). The summed E-state index contributed by atoms with van der Waals surface area (Å²) < 4.78 is 12.7. The van der Waals surface area contributed by atoms with Crippen LogP contribution in [0.25, 0.3) is 0 Å². The SMILES string of the molecule is CCn1c(C(C)=O)cc(C2(C)OCCO2)c(C)c1=O. The van der Waals surface area contributed by atoms with E-state index in [4.69, 9.17) is 9.47 Å². The number of carbonyl (C=O) groups excluding carboxylic acids is 1. The number of ether oxygens (including phenoxy) is 2. The van der Waals surface area contributed by atoms with Crippen LogP contribution in [0.15, 0.2) is 10.9 Å². The average molecular weight is 265 g/mol. The molecule has 2 heterocycles. The molecule has 0 aromatic carbocycles. The van der Waals surface area contributed by atoms with E-state index in [2.05, 4.69) is 0 Å². The van der Waals surface area contributed by atoms with Crippen LogP contribution in [0.5, 0.6) is 0 Å². The molecule has 5 heteroatoms. The second-order valence-electron chi connectivity index (χ2n) is 4.82. The van der Waals surface area contributed by atoms with Crippen molar-refractivity contribution in [2.45, 2.75) is 40.0 Å². The summed E-state index contributed by atoms with van der Waals surface area (Å²) in [5, 5.41) is 0. The number of rotatable bonds is 3. The van der Waals surface area contributed by atoms with E-state index in [9.17, 15) is 9.59 Å². The zero-order chi connectivity index (χ0) is 14.2. The Labute approximate surface area is 112 Å². The van der Waals surface area contributed by atoms with Gasteiger partial charge in [0.05, 0.1) is 18.9 Å². The van der Waals surface area contributed by atoms with E-state index in [0.717, 1.165) is 0 Å². The minimum absolute atomic E-state index is 0.137. The Hall–Kier alpha value is -1.46. The number of aromatic nitrogens is 1. The number of Topliss-reactive ketones (excluding diaryl/α,β-unsaturated/α-hetero) is 1. The Morgan fingerprint density at radius 2 is 2.00 bits per heavy atom. The van der Waals surface area contributed by atoms with Gasteiger partial charge in [-0.05, 0) is 26.8 Å². The van der Waals surface area contributed by atoms with Gasteiger partial charge in [-0.25, -0.2) is 0 Å². The fourth-order valence-corrected chi connectivity index (χ4v) is 2.50. The van der Waals surface area contributed by atoms with Crippen LogP contribution in [0, 0.1) is 6.92 Å². The molecule has 0 bridgehead atoms. The molecule has 0 radical (unpaired) electrons. The van der Waals surface area contributed by atoms with E-state index in [1.807, 2.05) is 6.92 Å². The molecule has 0 spiro atoms. The monoisotopic (exact) mass is 265 g/mol. The normalized spacial score (nSPS) is 17.7. The molecule has 1 saturated heterocycles. The minimum Gasteiger partial charge on any atom is -0.344 e. The fourth-order valence-electron chi connectivity index (χ4n) is 2.50. The van der Waals surface area contributed by atoms with E-state index in [1.165, 1.54) is 11.5 Å². The van der Waals surface area contributed by atoms with Crippen LogP contribution in [0.3, 0.4) is 0 Å². The molecule has 0 saturated carbocycles. The highest BCUT2D eigenvalue weighted by molar-refractivity contribution is 5.92. The van der Waals surface area contributed by atoms with E-state index in [0.29, 0.717) is 36.6 Å². The molecule has 19 heavy (non-hydrogen) atoms. The first-order valence-electron chi connectivity index (χ1n) is 6.44. The van der Waals surface area contributed by atoms with Gasteiger partial charge in [-0.3, -0.25) is 9.59 Å². The van der Waals surface area contributed by atoms with Gasteiger partial charge in [-0.2, -0.15) is 0 Å². The molecule has 0 atom stereocenters. The smallest absolute Gasteiger partial charge is 0.254 e. The van der Waals surface area contributed by atoms with Crippen molar-refractivity contribution in [2.75, 3.05) is 13.2 Å². The van der Waals surface area contributed by atoms with E-state index in [1.54, 1.807) is 19.9 Å². The topological polar surface area (TPSA) is 57.5 Å². The van der Waals surface area contributed by atoms with Crippen molar-refractivity contribution in [1.82, 2.24) is 4.57 Å². The molecule has 1 fully saturated rings. The average Bonchev–Trinajstić information content (AvgIpc) is 2.79. The van der Waals surface area contributed by atoms with Gasteiger partial charge >= 0.3 is 0 Å². The highest BCUT2D eigenvalue weighted by Gasteiger charge is 2.36. The summed E-state index contributed by atoms with van der Waals surface area (Å²) in [7, 11) is 0. The van der Waals surface area contributed by atoms with Crippen LogP contribution >= 0.6 is 0 Å². The summed E-state index contributed by atoms with van der Waals surface area (Å²) in [5.41, 5.74) is 1.44. The molecule has 0 aliphatic carbocycles. The van der Waals surface area contributed by atoms with Gasteiger partial charge in [0.1, 0.15) is 0 Å². The van der Waals surface area contributed by atoms with Crippen LogP contribution in [0.1, 0.15) is 42.4 Å². The van der Waals surface area contributed by atoms with Gasteiger partial charge in [-0.1, -0.05) is 0 Å². The summed E-state index contributed by atoms with van der Waals surface area (Å²) in [4.78, 5) is 24.1. The van der Waals surface area contributed by atoms with Gasteiger partial charge in [0, 0.05) is 24.6 Å². The predicted octanol–water partition coefficient (Wildman–Crippen LogP) is 1.60. The third kappa shape index (κ3) is 2.24. The van der Waals surface area contributed by atoms with Gasteiger partial charge in [0.15, 0.2) is 11.6 Å². The number of hydrogen-bond acceptors (Lipinski definition) is 4. The zero-order valence-corrected chi connectivity index (χ0v) is 11.8. The number of pyridine rings is 1. The molecular weight excluding hydrogens is 246 g/mol. The largest absolute Gasteiger partial charge is 0.344 e. The van der Waals surface area contributed by atoms with Gasteiger partial charge in [-0.15, -0.1) is 0 Å². The lowest BCUT2D eigenvalue weighted by atomic mass is 10.0. The van der Waals surface area contributed by atoms with E-state index < -0.39 is 5.79 Å². The lowest BCUT2D eigenvalue weighted by molar-refractivity contribution is -0.150. The summed E-state index contributed by atoms with van der Waals surface area (Å²) in [5.74, 6) is -1.07. The summed E-state index contributed by atoms with van der Waals surface area (Å²) in [6.45, 7) is 8.26. The first-order chi connectivity index (χ1) is 8.90. The Balaban J connectivity index is 2.70. The zero-order valence-electron chi connectivity index (χ0n) is 11.8. The maximum Gasteiger partial charge on any atom is 0.254 e. The van der Waals surface area contributed by atoms with Crippen molar-refractivity contribution in [3.63, 3.8) is 0 Å². The van der Waals surface area contributed by atoms with Gasteiger partial charge in [0.25, 0.3) is 5.56 Å². The molecule has 1 aliphatic rings. The van der Waals surface area contributed by atoms with Crippen molar-refractivity contribution >= 4 is 5.78 Å². The summed E-state index contributed by atoms with van der Waals surface area (Å²) in [6, 6.07) is 1.72. The first-order valence-corrected chi connectivity index (χ1v) is 6.44. The molecule has 5 nitrogen and oxygen atoms in total. The summed E-state index contributed by atoms with van der Waals surface area (Å²) in [6.07, 6.45) is 0. The van der Waals surface area contributed by atoms with Crippen LogP contribution in [-0.4, -0.2) is 23.6 Å². The molecule has 0 N–H and O–H groups in total. The van der Waals surface area contributed by atoms with Crippen LogP contribution in [-0.2, 0) is 21.8 Å². The second kappa shape index (κ2) is 4.90. The highest BCUT2D eigenvalue weighted by atomic mass is 16.7. The third-order valence-electron chi connectivity index (χ3n) is 3.55. The summed E-state index contributed by atoms with van der Waals surface area (Å²) >= 11 is 0. The molecule has 0 amide bonds. The number of hydrogen-bond donors (Lipinski definition) is 0. The Morgan fingerprint density at radius 3 is 2.47 bits per heavy atom. The van der Waals surface area contributed by atoms with E-state index >= 15 is 0 Å². The molecule has 1 aromatic heterocycles.